The van der Waals surface area contributed by atoms with E-state index in [9.17, 15) is 22.0 Å². The quantitative estimate of drug-likeness (QED) is 0.634. The van der Waals surface area contributed by atoms with Crippen LogP contribution in [0.15, 0.2) is 42.5 Å². The zero-order valence-corrected chi connectivity index (χ0v) is 16.1. The zero-order valence-electron chi connectivity index (χ0n) is 15.3. The maximum Gasteiger partial charge on any atom is 0.240 e. The molecule has 0 aliphatic rings. The molecule has 0 aliphatic carbocycles. The van der Waals surface area contributed by atoms with Crippen LogP contribution in [0.25, 0.3) is 0 Å². The lowest BCUT2D eigenvalue weighted by Crippen LogP contribution is -2.41. The Labute approximate surface area is 161 Å². The Hall–Kier alpha value is -2.88. The highest BCUT2D eigenvalue weighted by molar-refractivity contribution is 7.92. The van der Waals surface area contributed by atoms with Gasteiger partial charge in [0.25, 0.3) is 0 Å². The zero-order chi connectivity index (χ0) is 20.7. The van der Waals surface area contributed by atoms with Crippen LogP contribution in [-0.2, 0) is 14.8 Å². The van der Waals surface area contributed by atoms with Crippen molar-refractivity contribution in [3.05, 3.63) is 54.1 Å². The first-order valence-corrected chi connectivity index (χ1v) is 10.0. The summed E-state index contributed by atoms with van der Waals surface area (Å²) in [6.07, 6.45) is 0.868. The number of amides is 1. The summed E-state index contributed by atoms with van der Waals surface area (Å²) in [5, 5.41) is 2.51. The molecule has 2 aromatic rings. The fraction of sp³-hybridized carbons (Fsp3) is 0.278. The second kappa shape index (κ2) is 9.36. The molecular weight excluding hydrogens is 394 g/mol. The van der Waals surface area contributed by atoms with Gasteiger partial charge in [0.15, 0.2) is 11.6 Å². The van der Waals surface area contributed by atoms with Crippen LogP contribution in [-0.4, -0.2) is 47.4 Å². The monoisotopic (exact) mass is 414 g/mol. The van der Waals surface area contributed by atoms with Gasteiger partial charge in [-0.3, -0.25) is 9.10 Å². The molecule has 0 aliphatic heterocycles. The summed E-state index contributed by atoms with van der Waals surface area (Å²) >= 11 is 0. The molecule has 0 radical (unpaired) electrons. The van der Waals surface area contributed by atoms with Crippen LogP contribution in [0.3, 0.4) is 0 Å². The highest BCUT2D eigenvalue weighted by Crippen LogP contribution is 2.20. The molecule has 0 saturated carbocycles. The first-order valence-electron chi connectivity index (χ1n) is 8.17. The van der Waals surface area contributed by atoms with E-state index in [1.807, 2.05) is 0 Å². The van der Waals surface area contributed by atoms with Gasteiger partial charge in [0, 0.05) is 12.1 Å². The third kappa shape index (κ3) is 6.08. The van der Waals surface area contributed by atoms with Crippen molar-refractivity contribution in [3.63, 3.8) is 0 Å². The largest absolute Gasteiger partial charge is 0.497 e. The standard InChI is InChI=1S/C18H20F2N2O5S/c1-26-14-4-3-5-15(11-14)27-9-8-21-18(23)12-22(28(2,24)25)13-6-7-16(19)17(20)10-13/h3-7,10-11H,8-9,12H2,1-2H3,(H,21,23). The number of hydrogen-bond acceptors (Lipinski definition) is 5. The normalized spacial score (nSPS) is 11.0. The fourth-order valence-electron chi connectivity index (χ4n) is 2.28. The number of anilines is 1. The lowest BCUT2D eigenvalue weighted by molar-refractivity contribution is -0.119. The van der Waals surface area contributed by atoms with Crippen molar-refractivity contribution in [1.82, 2.24) is 5.32 Å². The van der Waals surface area contributed by atoms with E-state index < -0.39 is 34.1 Å². The van der Waals surface area contributed by atoms with Gasteiger partial charge in [-0.1, -0.05) is 6.07 Å². The number of benzene rings is 2. The molecule has 1 amide bonds. The molecule has 0 heterocycles. The molecule has 28 heavy (non-hydrogen) atoms. The lowest BCUT2D eigenvalue weighted by atomic mass is 10.3. The summed E-state index contributed by atoms with van der Waals surface area (Å²) in [5.74, 6) is -1.77. The summed E-state index contributed by atoms with van der Waals surface area (Å²) in [4.78, 5) is 12.1. The molecule has 0 aromatic heterocycles. The molecule has 2 aromatic carbocycles. The Morgan fingerprint density at radius 1 is 1.11 bits per heavy atom. The first kappa shape index (κ1) is 21.4. The number of nitrogens with zero attached hydrogens (tertiary/aromatic N) is 1. The van der Waals surface area contributed by atoms with Crippen molar-refractivity contribution in [2.75, 3.05) is 37.4 Å². The molecule has 0 fully saturated rings. The van der Waals surface area contributed by atoms with Crippen molar-refractivity contribution in [1.29, 1.82) is 0 Å². The molecule has 0 atom stereocenters. The molecule has 7 nitrogen and oxygen atoms in total. The molecule has 2 rings (SSSR count). The second-order valence-electron chi connectivity index (χ2n) is 5.75. The third-order valence-corrected chi connectivity index (χ3v) is 4.75. The van der Waals surface area contributed by atoms with E-state index in [2.05, 4.69) is 5.32 Å². The minimum Gasteiger partial charge on any atom is -0.497 e. The van der Waals surface area contributed by atoms with E-state index in [4.69, 9.17) is 9.47 Å². The number of halogens is 2. The maximum atomic E-state index is 13.4. The number of ether oxygens (including phenoxy) is 2. The Morgan fingerprint density at radius 2 is 1.82 bits per heavy atom. The van der Waals surface area contributed by atoms with Crippen molar-refractivity contribution < 1.29 is 31.5 Å². The van der Waals surface area contributed by atoms with E-state index in [0.29, 0.717) is 15.8 Å². The number of carbonyl (C=O) groups excluding carboxylic acids is 1. The van der Waals surface area contributed by atoms with Gasteiger partial charge in [-0.2, -0.15) is 0 Å². The SMILES string of the molecule is COc1cccc(OCCNC(=O)CN(c2ccc(F)c(F)c2)S(C)(=O)=O)c1. The summed E-state index contributed by atoms with van der Waals surface area (Å²) in [6.45, 7) is -0.322. The van der Waals surface area contributed by atoms with E-state index in [0.717, 1.165) is 24.5 Å². The van der Waals surface area contributed by atoms with Crippen LogP contribution in [0.1, 0.15) is 0 Å². The van der Waals surface area contributed by atoms with Gasteiger partial charge in [-0.15, -0.1) is 0 Å². The van der Waals surface area contributed by atoms with Gasteiger partial charge < -0.3 is 14.8 Å². The van der Waals surface area contributed by atoms with E-state index >= 15 is 0 Å². The van der Waals surface area contributed by atoms with Crippen LogP contribution in [0, 0.1) is 11.6 Å². The van der Waals surface area contributed by atoms with Crippen molar-refractivity contribution in [2.45, 2.75) is 0 Å². The molecular formula is C18H20F2N2O5S. The van der Waals surface area contributed by atoms with Crippen LogP contribution in [0.2, 0.25) is 0 Å². The molecule has 0 saturated heterocycles. The number of methoxy groups -OCH3 is 1. The number of hydrogen-bond donors (Lipinski definition) is 1. The molecule has 0 unspecified atom stereocenters. The van der Waals surface area contributed by atoms with Crippen LogP contribution in [0.4, 0.5) is 14.5 Å². The number of nitrogens with one attached hydrogen (secondary N) is 1. The highest BCUT2D eigenvalue weighted by atomic mass is 32.2. The highest BCUT2D eigenvalue weighted by Gasteiger charge is 2.21. The summed E-state index contributed by atoms with van der Waals surface area (Å²) in [6, 6.07) is 9.50. The first-order chi connectivity index (χ1) is 13.2. The predicted molar refractivity (Wildman–Crippen MR) is 100 cm³/mol. The molecule has 152 valence electrons. The molecule has 1 N–H and O–H groups in total. The number of carbonyl (C=O) groups is 1. The summed E-state index contributed by atoms with van der Waals surface area (Å²) < 4.78 is 61.6. The van der Waals surface area contributed by atoms with Crippen LogP contribution in [0.5, 0.6) is 11.5 Å². The Kier molecular flexibility index (Phi) is 7.16. The van der Waals surface area contributed by atoms with Gasteiger partial charge in [0.2, 0.25) is 15.9 Å². The van der Waals surface area contributed by atoms with Gasteiger partial charge in [0.05, 0.1) is 25.6 Å². The molecule has 0 bridgehead atoms. The second-order valence-corrected chi connectivity index (χ2v) is 7.65. The minimum atomic E-state index is -3.89. The van der Waals surface area contributed by atoms with E-state index in [1.165, 1.54) is 7.11 Å². The Bertz CT molecular complexity index is 937. The molecule has 10 heteroatoms. The average Bonchev–Trinajstić information content (AvgIpc) is 2.65. The smallest absolute Gasteiger partial charge is 0.240 e. The van der Waals surface area contributed by atoms with Crippen molar-refractivity contribution >= 4 is 21.6 Å². The van der Waals surface area contributed by atoms with Crippen LogP contribution >= 0.6 is 0 Å². The van der Waals surface area contributed by atoms with E-state index in [-0.39, 0.29) is 18.8 Å². The Balaban J connectivity index is 1.92. The maximum absolute atomic E-state index is 13.4. The van der Waals surface area contributed by atoms with E-state index in [1.54, 1.807) is 24.3 Å². The third-order valence-electron chi connectivity index (χ3n) is 3.61. The average molecular weight is 414 g/mol. The topological polar surface area (TPSA) is 84.9 Å². The number of sulfonamides is 1. The van der Waals surface area contributed by atoms with Crippen LogP contribution < -0.4 is 19.1 Å². The summed E-state index contributed by atoms with van der Waals surface area (Å²) in [5.41, 5.74) is -0.149. The van der Waals surface area contributed by atoms with Crippen molar-refractivity contribution in [2.24, 2.45) is 0 Å². The van der Waals surface area contributed by atoms with Gasteiger partial charge in [0.1, 0.15) is 24.7 Å². The van der Waals surface area contributed by atoms with Gasteiger partial charge in [-0.05, 0) is 24.3 Å². The summed E-state index contributed by atoms with van der Waals surface area (Å²) in [7, 11) is -2.36. The lowest BCUT2D eigenvalue weighted by Gasteiger charge is -2.22. The van der Waals surface area contributed by atoms with Gasteiger partial charge in [-0.25, -0.2) is 17.2 Å². The fourth-order valence-corrected chi connectivity index (χ4v) is 3.13. The van der Waals surface area contributed by atoms with Crippen molar-refractivity contribution in [3.8, 4) is 11.5 Å². The predicted octanol–water partition coefficient (Wildman–Crippen LogP) is 1.93. The molecule has 0 spiro atoms. The van der Waals surface area contributed by atoms with Gasteiger partial charge >= 0.3 is 0 Å². The Morgan fingerprint density at radius 3 is 2.46 bits per heavy atom. The number of rotatable bonds is 9. The minimum absolute atomic E-state index is 0.116.